The van der Waals surface area contributed by atoms with E-state index in [9.17, 15) is 0 Å². The van der Waals surface area contributed by atoms with Gasteiger partial charge in [0.1, 0.15) is 11.6 Å². The molecule has 11 heteroatoms. The lowest BCUT2D eigenvalue weighted by molar-refractivity contribution is 0.893. The second kappa shape index (κ2) is 28.9. The van der Waals surface area contributed by atoms with Crippen molar-refractivity contribution in [1.82, 2.24) is 52.7 Å². The van der Waals surface area contributed by atoms with Gasteiger partial charge in [0.05, 0.1) is 66.6 Å². The predicted octanol–water partition coefficient (Wildman–Crippen LogP) is 28.5. The molecule has 0 atom stereocenters. The smallest absolute Gasteiger partial charge is 0.240 e. The zero-order chi connectivity index (χ0) is 82.2. The molecule has 25 aromatic rings. The van der Waals surface area contributed by atoms with Gasteiger partial charge in [0, 0.05) is 81.8 Å². The molecule has 0 fully saturated rings. The van der Waals surface area contributed by atoms with Crippen molar-refractivity contribution >= 4 is 109 Å². The first kappa shape index (κ1) is 70.9. The average molecular weight is 1590 g/mol. The number of fused-ring (bicyclic) bond motifs is 15. The van der Waals surface area contributed by atoms with Gasteiger partial charge in [-0.15, -0.1) is 0 Å². The highest BCUT2D eigenvalue weighted by Gasteiger charge is 2.26. The van der Waals surface area contributed by atoms with E-state index in [0.29, 0.717) is 23.5 Å². The number of hydrogen-bond acceptors (Lipinski definition) is 6. The second-order valence-electron chi connectivity index (χ2n) is 32.2. The molecule has 0 aliphatic heterocycles. The van der Waals surface area contributed by atoms with E-state index in [1.165, 1.54) is 10.8 Å². The van der Waals surface area contributed by atoms with Crippen molar-refractivity contribution in [2.24, 2.45) is 0 Å². The van der Waals surface area contributed by atoms with Gasteiger partial charge >= 0.3 is 0 Å². The van der Waals surface area contributed by atoms with Crippen LogP contribution < -0.4 is 0 Å². The summed E-state index contributed by atoms with van der Waals surface area (Å²) in [5, 5.41) is 11.3. The standard InChI is InChI=1S/C114H71N11/c1-6-26-72(27-7-1)80-52-59-104-93(65-80)94-66-81(73-28-8-2-9-29-73)53-60-105(94)122(104)109-69-85(98-71-97(77-32-12-4-13-33-77)115-111(116-98)78-34-14-5-15-35-78)70-110(117-109)123-106-61-54-82(74-30-10-3-11-31-74)67-95(106)96-68-84(55-62-107(96)123)76-48-46-75(47-49-76)83-56-63-108-92(64-83)91-40-20-25-45-103(91)125(108)114-119-112(118-113(120-114)124-101-43-23-18-38-89(101)90-39-19-24-44-102(90)124)79-50-57-86(58-51-79)121-99-41-21-16-36-87(99)88-37-17-22-42-100(88)121/h1-71H. The SMILES string of the molecule is c1ccc(-c2ccc3c(c2)c2cc(-c4ccccc4)ccc2n3-c2cc(-c3cc(-c4ccccc4)nc(-c4ccccc4)n3)cc(-n3c4ccc(-c5ccccc5)cc4c4cc(-c5ccc(-c6ccc7c(c6)c6ccccc6n7-c6nc(-c7ccc(-n8c9ccccc9c9ccccc98)cc7)nc(-n7c8ccccc8c8ccccc87)n6)cc5)ccc43)n2)cc1. The van der Waals surface area contributed by atoms with Crippen LogP contribution in [0.1, 0.15) is 0 Å². The predicted molar refractivity (Wildman–Crippen MR) is 514 cm³/mol. The zero-order valence-electron chi connectivity index (χ0n) is 67.4. The van der Waals surface area contributed by atoms with Gasteiger partial charge < -0.3 is 4.57 Å². The van der Waals surface area contributed by atoms with E-state index in [2.05, 4.69) is 429 Å². The van der Waals surface area contributed by atoms with Crippen LogP contribution in [0.2, 0.25) is 0 Å². The fraction of sp³-hybridized carbons (Fsp3) is 0. The van der Waals surface area contributed by atoms with Crippen molar-refractivity contribution in [2.45, 2.75) is 0 Å². The quantitative estimate of drug-likeness (QED) is 0.107. The molecule has 0 saturated heterocycles. The van der Waals surface area contributed by atoms with Crippen LogP contribution in [0, 0.1) is 0 Å². The highest BCUT2D eigenvalue weighted by atomic mass is 15.3. The van der Waals surface area contributed by atoms with Gasteiger partial charge in [0.15, 0.2) is 11.6 Å². The van der Waals surface area contributed by atoms with E-state index in [0.717, 1.165) is 205 Å². The average Bonchev–Trinajstić information content (AvgIpc) is 1.58. The molecular weight excluding hydrogens is 1520 g/mol. The fourth-order valence-electron chi connectivity index (χ4n) is 19.1. The van der Waals surface area contributed by atoms with Crippen molar-refractivity contribution in [3.8, 4) is 130 Å². The summed E-state index contributed by atoms with van der Waals surface area (Å²) in [6, 6.07) is 154. The first-order valence-electron chi connectivity index (χ1n) is 42.3. The van der Waals surface area contributed by atoms with E-state index < -0.39 is 0 Å². The van der Waals surface area contributed by atoms with Gasteiger partial charge in [0.2, 0.25) is 11.9 Å². The van der Waals surface area contributed by atoms with Crippen LogP contribution in [0.5, 0.6) is 0 Å². The molecule has 0 spiro atoms. The molecule has 8 aromatic heterocycles. The summed E-state index contributed by atoms with van der Waals surface area (Å²) in [5.41, 5.74) is 27.8. The van der Waals surface area contributed by atoms with Crippen molar-refractivity contribution in [3.63, 3.8) is 0 Å². The van der Waals surface area contributed by atoms with Gasteiger partial charge in [-0.1, -0.05) is 297 Å². The Bertz CT molecular complexity index is 8360. The molecule has 0 aliphatic carbocycles. The normalized spacial score (nSPS) is 11.8. The van der Waals surface area contributed by atoms with E-state index >= 15 is 0 Å². The van der Waals surface area contributed by atoms with Crippen LogP contribution in [0.3, 0.4) is 0 Å². The summed E-state index contributed by atoms with van der Waals surface area (Å²) in [6.07, 6.45) is 0. The van der Waals surface area contributed by atoms with Gasteiger partial charge in [-0.25, -0.2) is 15.0 Å². The Morgan fingerprint density at radius 2 is 0.384 bits per heavy atom. The summed E-state index contributed by atoms with van der Waals surface area (Å²) in [6.45, 7) is 0. The van der Waals surface area contributed by atoms with Crippen LogP contribution in [0.15, 0.2) is 431 Å². The van der Waals surface area contributed by atoms with Crippen LogP contribution >= 0.6 is 0 Å². The first-order valence-corrected chi connectivity index (χ1v) is 42.3. The van der Waals surface area contributed by atoms with Gasteiger partial charge in [-0.3, -0.25) is 18.3 Å². The first-order chi connectivity index (χ1) is 61.9. The van der Waals surface area contributed by atoms with E-state index in [1.54, 1.807) is 0 Å². The van der Waals surface area contributed by atoms with Gasteiger partial charge in [-0.05, 0) is 189 Å². The molecule has 0 radical (unpaired) electrons. The Morgan fingerprint density at radius 1 is 0.136 bits per heavy atom. The maximum atomic E-state index is 5.96. The lowest BCUT2D eigenvalue weighted by Gasteiger charge is -2.16. The summed E-state index contributed by atoms with van der Waals surface area (Å²) in [4.78, 5) is 33.2. The summed E-state index contributed by atoms with van der Waals surface area (Å²) in [7, 11) is 0. The molecule has 17 aromatic carbocycles. The largest absolute Gasteiger partial charge is 0.309 e. The summed E-state index contributed by atoms with van der Waals surface area (Å²) in [5.74, 6) is 3.71. The number of nitrogens with zero attached hydrogens (tertiary/aromatic N) is 11. The van der Waals surface area contributed by atoms with Crippen LogP contribution in [-0.2, 0) is 0 Å². The van der Waals surface area contributed by atoms with Crippen molar-refractivity contribution < 1.29 is 0 Å². The molecule has 0 N–H and O–H groups in total. The van der Waals surface area contributed by atoms with Gasteiger partial charge in [-0.2, -0.15) is 15.0 Å². The summed E-state index contributed by atoms with van der Waals surface area (Å²) >= 11 is 0. The molecular formula is C114H71N11. The topological polar surface area (TPSA) is 102 Å². The molecule has 0 amide bonds. The number of benzene rings is 17. The lowest BCUT2D eigenvalue weighted by Crippen LogP contribution is -2.10. The number of hydrogen-bond donors (Lipinski definition) is 0. The second-order valence-corrected chi connectivity index (χ2v) is 32.2. The Labute approximate surface area is 717 Å². The van der Waals surface area contributed by atoms with Crippen LogP contribution in [0.25, 0.3) is 239 Å². The molecule has 25 rings (SSSR count). The zero-order valence-corrected chi connectivity index (χ0v) is 67.4. The molecule has 582 valence electrons. The molecule has 0 saturated carbocycles. The Kier molecular flexibility index (Phi) is 16.4. The number of para-hydroxylation sites is 5. The molecule has 8 heterocycles. The minimum Gasteiger partial charge on any atom is -0.309 e. The van der Waals surface area contributed by atoms with Gasteiger partial charge in [0.25, 0.3) is 0 Å². The van der Waals surface area contributed by atoms with E-state index in [4.69, 9.17) is 29.9 Å². The maximum absolute atomic E-state index is 5.96. The Balaban J connectivity index is 0.631. The highest BCUT2D eigenvalue weighted by molar-refractivity contribution is 6.16. The highest BCUT2D eigenvalue weighted by Crippen LogP contribution is 2.45. The van der Waals surface area contributed by atoms with Crippen LogP contribution in [0.4, 0.5) is 0 Å². The van der Waals surface area contributed by atoms with E-state index in [-0.39, 0.29) is 0 Å². The third-order valence-corrected chi connectivity index (χ3v) is 25.0. The number of aromatic nitrogens is 11. The minimum absolute atomic E-state index is 0.514. The summed E-state index contributed by atoms with van der Waals surface area (Å²) < 4.78 is 11.4. The lowest BCUT2D eigenvalue weighted by atomic mass is 9.97. The molecule has 0 aliphatic rings. The van der Waals surface area contributed by atoms with Crippen molar-refractivity contribution in [2.75, 3.05) is 0 Å². The van der Waals surface area contributed by atoms with Crippen LogP contribution in [-0.4, -0.2) is 52.7 Å². The maximum Gasteiger partial charge on any atom is 0.240 e. The molecule has 125 heavy (non-hydrogen) atoms. The van der Waals surface area contributed by atoms with E-state index in [1.807, 2.05) is 24.3 Å². The minimum atomic E-state index is 0.514. The van der Waals surface area contributed by atoms with Crippen molar-refractivity contribution in [3.05, 3.63) is 431 Å². The third-order valence-electron chi connectivity index (χ3n) is 25.0. The molecule has 0 unspecified atom stereocenters. The number of pyridine rings is 1. The molecule has 0 bridgehead atoms. The fourth-order valence-corrected chi connectivity index (χ4v) is 19.1. The Morgan fingerprint density at radius 3 is 0.752 bits per heavy atom. The monoisotopic (exact) mass is 1590 g/mol. The third kappa shape index (κ3) is 11.9. The molecule has 11 nitrogen and oxygen atoms in total. The van der Waals surface area contributed by atoms with Crippen molar-refractivity contribution in [1.29, 1.82) is 0 Å². The Hall–Kier alpha value is -17.0. The number of rotatable bonds is 14.